The summed E-state index contributed by atoms with van der Waals surface area (Å²) in [5, 5.41) is 6.64. The fourth-order valence-electron chi connectivity index (χ4n) is 2.07. The normalized spacial score (nSPS) is 11.0. The Hall–Kier alpha value is -2.15. The number of aromatic nitrogens is 1. The van der Waals surface area contributed by atoms with E-state index in [-0.39, 0.29) is 11.7 Å². The zero-order chi connectivity index (χ0) is 18.4. The van der Waals surface area contributed by atoms with Crippen LogP contribution in [0, 0.1) is 6.92 Å². The van der Waals surface area contributed by atoms with Gasteiger partial charge >= 0.3 is 0 Å². The maximum absolute atomic E-state index is 11.9. The number of thiazole rings is 1. The van der Waals surface area contributed by atoms with Crippen LogP contribution in [0.3, 0.4) is 0 Å². The minimum Gasteiger partial charge on any atom is -0.272 e. The van der Waals surface area contributed by atoms with Gasteiger partial charge in [-0.25, -0.2) is 10.4 Å². The van der Waals surface area contributed by atoms with Crippen molar-refractivity contribution in [2.75, 3.05) is 5.75 Å². The molecule has 0 bridgehead atoms. The van der Waals surface area contributed by atoms with Crippen molar-refractivity contribution in [3.05, 3.63) is 70.1 Å². The van der Waals surface area contributed by atoms with Crippen LogP contribution in [0.15, 0.2) is 63.4 Å². The Labute approximate surface area is 165 Å². The van der Waals surface area contributed by atoms with Crippen LogP contribution in [-0.4, -0.2) is 22.9 Å². The van der Waals surface area contributed by atoms with E-state index in [1.54, 1.807) is 6.21 Å². The number of hydrogen-bond donors (Lipinski definition) is 1. The Morgan fingerprint density at radius 2 is 1.96 bits per heavy atom. The first-order chi connectivity index (χ1) is 12.6. The first-order valence-corrected chi connectivity index (χ1v) is 10.1. The van der Waals surface area contributed by atoms with Crippen LogP contribution in [0.2, 0.25) is 5.02 Å². The molecular weight excluding hydrogens is 386 g/mol. The minimum atomic E-state index is -0.165. The summed E-state index contributed by atoms with van der Waals surface area (Å²) < 4.78 is 0.840. The summed E-state index contributed by atoms with van der Waals surface area (Å²) in [4.78, 5) is 16.4. The Balaban J connectivity index is 1.48. The highest BCUT2D eigenvalue weighted by atomic mass is 35.5. The minimum absolute atomic E-state index is 0.165. The summed E-state index contributed by atoms with van der Waals surface area (Å²) >= 11 is 8.80. The van der Waals surface area contributed by atoms with Crippen LogP contribution < -0.4 is 5.43 Å². The topological polar surface area (TPSA) is 54.4 Å². The second-order valence-electron chi connectivity index (χ2n) is 5.50. The van der Waals surface area contributed by atoms with E-state index < -0.39 is 0 Å². The van der Waals surface area contributed by atoms with E-state index in [0.29, 0.717) is 5.02 Å². The number of thioether (sulfide) groups is 1. The van der Waals surface area contributed by atoms with Gasteiger partial charge in [-0.3, -0.25) is 4.79 Å². The van der Waals surface area contributed by atoms with Gasteiger partial charge in [-0.1, -0.05) is 65.3 Å². The van der Waals surface area contributed by atoms with Gasteiger partial charge in [0.15, 0.2) is 4.34 Å². The van der Waals surface area contributed by atoms with Crippen molar-refractivity contribution in [3.8, 4) is 11.3 Å². The molecule has 7 heteroatoms. The highest BCUT2D eigenvalue weighted by molar-refractivity contribution is 8.01. The summed E-state index contributed by atoms with van der Waals surface area (Å²) in [5.41, 5.74) is 6.54. The van der Waals surface area contributed by atoms with E-state index in [1.165, 1.54) is 28.7 Å². The molecule has 0 spiro atoms. The highest BCUT2D eigenvalue weighted by Crippen LogP contribution is 2.28. The predicted molar refractivity (Wildman–Crippen MR) is 110 cm³/mol. The van der Waals surface area contributed by atoms with Crippen LogP contribution in [-0.2, 0) is 4.79 Å². The standard InChI is InChI=1S/C19H16ClN3OS2/c1-13-2-4-14(5-3-13)10-21-23-18(24)12-26-19-22-17(11-25-19)15-6-8-16(20)9-7-15/h2-11H,12H2,1H3,(H,23,24). The zero-order valence-electron chi connectivity index (χ0n) is 14.0. The first-order valence-electron chi connectivity index (χ1n) is 7.83. The van der Waals surface area contributed by atoms with Crippen LogP contribution in [0.1, 0.15) is 11.1 Å². The van der Waals surface area contributed by atoms with Gasteiger partial charge in [0.1, 0.15) is 0 Å². The van der Waals surface area contributed by atoms with Crippen molar-refractivity contribution in [1.82, 2.24) is 10.4 Å². The maximum Gasteiger partial charge on any atom is 0.250 e. The Kier molecular flexibility index (Phi) is 6.44. The van der Waals surface area contributed by atoms with Crippen molar-refractivity contribution in [2.45, 2.75) is 11.3 Å². The predicted octanol–water partition coefficient (Wildman–Crippen LogP) is 5.01. The highest BCUT2D eigenvalue weighted by Gasteiger charge is 2.07. The van der Waals surface area contributed by atoms with Crippen LogP contribution in [0.5, 0.6) is 0 Å². The molecule has 0 aliphatic heterocycles. The number of hydrazone groups is 1. The van der Waals surface area contributed by atoms with E-state index in [2.05, 4.69) is 15.5 Å². The molecule has 0 radical (unpaired) electrons. The van der Waals surface area contributed by atoms with E-state index in [0.717, 1.165) is 21.2 Å². The van der Waals surface area contributed by atoms with Gasteiger partial charge in [0.05, 0.1) is 17.7 Å². The maximum atomic E-state index is 11.9. The molecule has 0 aliphatic rings. The van der Waals surface area contributed by atoms with Crippen molar-refractivity contribution < 1.29 is 4.79 Å². The largest absolute Gasteiger partial charge is 0.272 e. The summed E-state index contributed by atoms with van der Waals surface area (Å²) in [6.45, 7) is 2.02. The number of amides is 1. The number of aryl methyl sites for hydroxylation is 1. The number of nitrogens with zero attached hydrogens (tertiary/aromatic N) is 2. The van der Waals surface area contributed by atoms with Crippen LogP contribution in [0.25, 0.3) is 11.3 Å². The van der Waals surface area contributed by atoms with Gasteiger partial charge < -0.3 is 0 Å². The molecule has 1 N–H and O–H groups in total. The number of rotatable bonds is 6. The van der Waals surface area contributed by atoms with E-state index in [4.69, 9.17) is 11.6 Å². The third kappa shape index (κ3) is 5.42. The molecule has 1 aromatic heterocycles. The fourth-order valence-corrected chi connectivity index (χ4v) is 3.82. The van der Waals surface area contributed by atoms with Gasteiger partial charge in [0, 0.05) is 16.0 Å². The lowest BCUT2D eigenvalue weighted by atomic mass is 10.2. The Morgan fingerprint density at radius 3 is 2.69 bits per heavy atom. The van der Waals surface area contributed by atoms with E-state index in [9.17, 15) is 4.79 Å². The average Bonchev–Trinajstić information content (AvgIpc) is 3.11. The van der Waals surface area contributed by atoms with Gasteiger partial charge in [0.25, 0.3) is 5.91 Å². The van der Waals surface area contributed by atoms with Crippen molar-refractivity contribution in [3.63, 3.8) is 0 Å². The molecule has 26 heavy (non-hydrogen) atoms. The summed E-state index contributed by atoms with van der Waals surface area (Å²) in [5.74, 6) is 0.0975. The van der Waals surface area contributed by atoms with Gasteiger partial charge in [-0.05, 0) is 24.6 Å². The van der Waals surface area contributed by atoms with Crippen molar-refractivity contribution >= 4 is 46.8 Å². The van der Waals surface area contributed by atoms with Gasteiger partial charge in [-0.15, -0.1) is 11.3 Å². The molecule has 2 aromatic carbocycles. The molecule has 132 valence electrons. The quantitative estimate of drug-likeness (QED) is 0.358. The molecule has 0 atom stereocenters. The second-order valence-corrected chi connectivity index (χ2v) is 8.02. The molecule has 3 aromatic rings. The number of nitrogens with one attached hydrogen (secondary N) is 1. The molecular formula is C19H16ClN3OS2. The number of halogens is 1. The molecule has 0 saturated carbocycles. The Morgan fingerprint density at radius 1 is 1.23 bits per heavy atom. The van der Waals surface area contributed by atoms with E-state index in [1.807, 2.05) is 60.8 Å². The summed E-state index contributed by atoms with van der Waals surface area (Å²) in [7, 11) is 0. The molecule has 0 saturated heterocycles. The Bertz CT molecular complexity index is 905. The van der Waals surface area contributed by atoms with Gasteiger partial charge in [0.2, 0.25) is 0 Å². The summed E-state index contributed by atoms with van der Waals surface area (Å²) in [6, 6.07) is 15.4. The number of benzene rings is 2. The zero-order valence-corrected chi connectivity index (χ0v) is 16.4. The third-order valence-electron chi connectivity index (χ3n) is 3.43. The fraction of sp³-hybridized carbons (Fsp3) is 0.105. The summed E-state index contributed by atoms with van der Waals surface area (Å²) in [6.07, 6.45) is 1.63. The van der Waals surface area contributed by atoms with Crippen LogP contribution in [0.4, 0.5) is 0 Å². The lowest BCUT2D eigenvalue weighted by molar-refractivity contribution is -0.118. The SMILES string of the molecule is Cc1ccc(C=NNC(=O)CSc2nc(-c3ccc(Cl)cc3)cs2)cc1. The molecule has 1 amide bonds. The van der Waals surface area contributed by atoms with Gasteiger partial charge in [-0.2, -0.15) is 5.10 Å². The van der Waals surface area contributed by atoms with E-state index >= 15 is 0 Å². The average molecular weight is 402 g/mol. The molecule has 3 rings (SSSR count). The van der Waals surface area contributed by atoms with Crippen molar-refractivity contribution in [2.24, 2.45) is 5.10 Å². The third-order valence-corrected chi connectivity index (χ3v) is 5.70. The molecule has 0 fully saturated rings. The second kappa shape index (κ2) is 8.98. The molecule has 1 heterocycles. The monoisotopic (exact) mass is 401 g/mol. The van der Waals surface area contributed by atoms with Crippen molar-refractivity contribution in [1.29, 1.82) is 0 Å². The number of carbonyl (C=O) groups excluding carboxylic acids is 1. The first kappa shape index (κ1) is 18.6. The molecule has 0 aliphatic carbocycles. The molecule has 0 unspecified atom stereocenters. The number of carbonyl (C=O) groups is 1. The van der Waals surface area contributed by atoms with Crippen LogP contribution >= 0.6 is 34.7 Å². The lowest BCUT2D eigenvalue weighted by Crippen LogP contribution is -2.19. The smallest absolute Gasteiger partial charge is 0.250 e. The number of hydrogen-bond acceptors (Lipinski definition) is 5. The lowest BCUT2D eigenvalue weighted by Gasteiger charge is -1.99. The molecule has 4 nitrogen and oxygen atoms in total.